The molecule has 1 aromatic heterocycles. The number of hydrogen-bond acceptors (Lipinski definition) is 7. The third-order valence-electron chi connectivity index (χ3n) is 4.39. The Morgan fingerprint density at radius 3 is 2.54 bits per heavy atom. The normalized spacial score (nSPS) is 16.4. The minimum atomic E-state index is -3.48. The summed E-state index contributed by atoms with van der Waals surface area (Å²) >= 11 is 0. The molecule has 0 saturated heterocycles. The molecule has 1 aromatic carbocycles. The van der Waals surface area contributed by atoms with Crippen molar-refractivity contribution >= 4 is 27.2 Å². The second-order valence-electron chi connectivity index (χ2n) is 6.06. The second kappa shape index (κ2) is 7.73. The zero-order valence-electron chi connectivity index (χ0n) is 15.2. The number of hydrogen-bond donors (Lipinski definition) is 2. The van der Waals surface area contributed by atoms with E-state index in [9.17, 15) is 13.2 Å². The highest BCUT2D eigenvalue weighted by molar-refractivity contribution is 7.91. The van der Waals surface area contributed by atoms with Crippen LogP contribution in [-0.4, -0.2) is 40.8 Å². The summed E-state index contributed by atoms with van der Waals surface area (Å²) in [5.74, 6) is -0.610. The van der Waals surface area contributed by atoms with Crippen LogP contribution in [0.1, 0.15) is 18.1 Å². The van der Waals surface area contributed by atoms with Crippen LogP contribution in [0.2, 0.25) is 0 Å². The Morgan fingerprint density at radius 1 is 1.21 bits per heavy atom. The van der Waals surface area contributed by atoms with Gasteiger partial charge in [-0.05, 0) is 17.7 Å². The Bertz CT molecular complexity index is 1090. The van der Waals surface area contributed by atoms with Gasteiger partial charge >= 0.3 is 0 Å². The molecule has 0 atom stereocenters. The van der Waals surface area contributed by atoms with E-state index >= 15 is 0 Å². The first-order chi connectivity index (χ1) is 13.4. The van der Waals surface area contributed by atoms with Crippen molar-refractivity contribution in [3.05, 3.63) is 72.0 Å². The molecule has 0 aliphatic carbocycles. The van der Waals surface area contributed by atoms with Gasteiger partial charge in [0.2, 0.25) is 0 Å². The van der Waals surface area contributed by atoms with Crippen LogP contribution in [0.15, 0.2) is 65.7 Å². The number of carbonyl (C=O) groups is 1. The summed E-state index contributed by atoms with van der Waals surface area (Å²) < 4.78 is 24.8. The highest BCUT2D eigenvalue weighted by Crippen LogP contribution is 2.28. The second-order valence-corrected chi connectivity index (χ2v) is 8.30. The third kappa shape index (κ3) is 3.56. The maximum absolute atomic E-state index is 13.1. The molecule has 0 radical (unpaired) electrons. The molecule has 2 aromatic rings. The van der Waals surface area contributed by atoms with Gasteiger partial charge in [0.25, 0.3) is 5.91 Å². The SMILES string of the molecule is CCS(=O)(=O)c1ccccc1CN1C(=N)/C(=C\N)C=C(c2cncnc2)C1=O. The molecule has 1 aliphatic heterocycles. The van der Waals surface area contributed by atoms with Crippen LogP contribution in [0.5, 0.6) is 0 Å². The number of amidine groups is 1. The number of aromatic nitrogens is 2. The zero-order valence-corrected chi connectivity index (χ0v) is 16.0. The predicted molar refractivity (Wildman–Crippen MR) is 105 cm³/mol. The van der Waals surface area contributed by atoms with Gasteiger partial charge in [0, 0.05) is 29.7 Å². The van der Waals surface area contributed by atoms with Gasteiger partial charge in [-0.15, -0.1) is 0 Å². The van der Waals surface area contributed by atoms with Crippen molar-refractivity contribution in [1.82, 2.24) is 14.9 Å². The number of amides is 1. The molecular weight excluding hydrogens is 378 g/mol. The standard InChI is InChI=1S/C19H19N5O3S/c1-2-28(26,27)17-6-4-3-5-13(17)11-24-18(21)14(8-20)7-16(19(24)25)15-9-22-12-23-10-15/h3-10,12,21H,2,11,20H2,1H3/b14-8-,21-18?. The summed E-state index contributed by atoms with van der Waals surface area (Å²) in [5, 5.41) is 8.34. The van der Waals surface area contributed by atoms with E-state index in [1.54, 1.807) is 25.1 Å². The summed E-state index contributed by atoms with van der Waals surface area (Å²) in [4.78, 5) is 22.3. The molecule has 9 heteroatoms. The molecule has 3 N–H and O–H groups in total. The van der Waals surface area contributed by atoms with E-state index in [-0.39, 0.29) is 28.6 Å². The first kappa shape index (κ1) is 19.4. The zero-order chi connectivity index (χ0) is 20.3. The summed E-state index contributed by atoms with van der Waals surface area (Å²) in [6, 6.07) is 6.48. The van der Waals surface area contributed by atoms with E-state index in [4.69, 9.17) is 11.1 Å². The van der Waals surface area contributed by atoms with E-state index in [2.05, 4.69) is 9.97 Å². The van der Waals surface area contributed by atoms with Gasteiger partial charge in [0.1, 0.15) is 12.2 Å². The molecule has 2 heterocycles. The Morgan fingerprint density at radius 2 is 1.89 bits per heavy atom. The van der Waals surface area contributed by atoms with Crippen LogP contribution in [0, 0.1) is 5.41 Å². The molecule has 0 fully saturated rings. The van der Waals surface area contributed by atoms with E-state index in [0.29, 0.717) is 16.7 Å². The summed E-state index contributed by atoms with van der Waals surface area (Å²) in [6.45, 7) is 1.49. The number of sulfone groups is 1. The van der Waals surface area contributed by atoms with Crippen molar-refractivity contribution in [2.24, 2.45) is 5.73 Å². The Kier molecular flexibility index (Phi) is 5.36. The summed E-state index contributed by atoms with van der Waals surface area (Å²) in [5.41, 5.74) is 7.19. The highest BCUT2D eigenvalue weighted by Gasteiger charge is 2.31. The Hall–Kier alpha value is -3.33. The van der Waals surface area contributed by atoms with Crippen molar-refractivity contribution in [3.63, 3.8) is 0 Å². The lowest BCUT2D eigenvalue weighted by molar-refractivity contribution is -0.122. The molecular formula is C19H19N5O3S. The predicted octanol–water partition coefficient (Wildman–Crippen LogP) is 1.52. The van der Waals surface area contributed by atoms with Crippen molar-refractivity contribution in [3.8, 4) is 0 Å². The minimum absolute atomic E-state index is 0.0597. The number of nitrogens with two attached hydrogens (primary N) is 1. The lowest BCUT2D eigenvalue weighted by atomic mass is 9.98. The summed E-state index contributed by atoms with van der Waals surface area (Å²) in [6.07, 6.45) is 7.08. The number of rotatable bonds is 5. The molecule has 1 aliphatic rings. The van der Waals surface area contributed by atoms with Gasteiger partial charge in [0.05, 0.1) is 22.8 Å². The van der Waals surface area contributed by atoms with Gasteiger partial charge in [0.15, 0.2) is 9.84 Å². The smallest absolute Gasteiger partial charge is 0.260 e. The van der Waals surface area contributed by atoms with Crippen molar-refractivity contribution in [2.45, 2.75) is 18.4 Å². The quantitative estimate of drug-likeness (QED) is 0.786. The topological polar surface area (TPSA) is 130 Å². The fraction of sp³-hybridized carbons (Fsp3) is 0.158. The molecule has 28 heavy (non-hydrogen) atoms. The third-order valence-corrected chi connectivity index (χ3v) is 6.21. The van der Waals surface area contributed by atoms with Crippen molar-refractivity contribution in [1.29, 1.82) is 5.41 Å². The van der Waals surface area contributed by atoms with Crippen LogP contribution in [-0.2, 0) is 21.2 Å². The van der Waals surface area contributed by atoms with Gasteiger partial charge in [-0.3, -0.25) is 15.1 Å². The summed E-state index contributed by atoms with van der Waals surface area (Å²) in [7, 11) is -3.48. The average Bonchev–Trinajstić information content (AvgIpc) is 2.72. The lowest BCUT2D eigenvalue weighted by Crippen LogP contribution is -2.40. The molecule has 1 amide bonds. The number of nitrogens with zero attached hydrogens (tertiary/aromatic N) is 3. The highest BCUT2D eigenvalue weighted by atomic mass is 32.2. The molecule has 0 unspecified atom stereocenters. The van der Waals surface area contributed by atoms with Crippen LogP contribution in [0.3, 0.4) is 0 Å². The van der Waals surface area contributed by atoms with Crippen LogP contribution in [0.4, 0.5) is 0 Å². The van der Waals surface area contributed by atoms with Crippen molar-refractivity contribution in [2.75, 3.05) is 5.75 Å². The van der Waals surface area contributed by atoms with E-state index < -0.39 is 15.7 Å². The lowest BCUT2D eigenvalue weighted by Gasteiger charge is -2.29. The van der Waals surface area contributed by atoms with E-state index in [1.807, 2.05) is 0 Å². The number of nitrogens with one attached hydrogen (secondary N) is 1. The maximum atomic E-state index is 13.1. The Balaban J connectivity index is 2.05. The minimum Gasteiger partial charge on any atom is -0.404 e. The first-order valence-electron chi connectivity index (χ1n) is 8.49. The van der Waals surface area contributed by atoms with Crippen LogP contribution < -0.4 is 5.73 Å². The van der Waals surface area contributed by atoms with Crippen LogP contribution in [0.25, 0.3) is 5.57 Å². The number of benzene rings is 1. The first-order valence-corrected chi connectivity index (χ1v) is 10.1. The molecule has 0 bridgehead atoms. The Labute approximate surface area is 162 Å². The van der Waals surface area contributed by atoms with Gasteiger partial charge < -0.3 is 5.73 Å². The average molecular weight is 397 g/mol. The molecule has 3 rings (SSSR count). The molecule has 0 spiro atoms. The van der Waals surface area contributed by atoms with Crippen molar-refractivity contribution < 1.29 is 13.2 Å². The van der Waals surface area contributed by atoms with Gasteiger partial charge in [-0.25, -0.2) is 18.4 Å². The van der Waals surface area contributed by atoms with E-state index in [0.717, 1.165) is 0 Å². The molecule has 0 saturated carbocycles. The molecule has 144 valence electrons. The maximum Gasteiger partial charge on any atom is 0.260 e. The fourth-order valence-electron chi connectivity index (χ4n) is 2.87. The van der Waals surface area contributed by atoms with Crippen LogP contribution >= 0.6 is 0 Å². The van der Waals surface area contributed by atoms with Gasteiger partial charge in [-0.1, -0.05) is 25.1 Å². The van der Waals surface area contributed by atoms with E-state index in [1.165, 1.54) is 42.0 Å². The fourth-order valence-corrected chi connectivity index (χ4v) is 4.00. The molecule has 8 nitrogen and oxygen atoms in total. The monoisotopic (exact) mass is 397 g/mol. The van der Waals surface area contributed by atoms with Gasteiger partial charge in [-0.2, -0.15) is 0 Å². The number of carbonyl (C=O) groups excluding carboxylic acids is 1. The largest absolute Gasteiger partial charge is 0.404 e.